The van der Waals surface area contributed by atoms with E-state index in [-0.39, 0.29) is 5.91 Å². The minimum Gasteiger partial charge on any atom is -0.396 e. The fourth-order valence-corrected chi connectivity index (χ4v) is 2.11. The first-order valence-corrected chi connectivity index (χ1v) is 8.06. The van der Waals surface area contributed by atoms with Gasteiger partial charge in [-0.3, -0.25) is 10.2 Å². The summed E-state index contributed by atoms with van der Waals surface area (Å²) < 4.78 is 0. The highest BCUT2D eigenvalue weighted by atomic mass is 16.2. The van der Waals surface area contributed by atoms with Gasteiger partial charge in [0.2, 0.25) is 5.91 Å². The van der Waals surface area contributed by atoms with Crippen LogP contribution in [0.3, 0.4) is 0 Å². The normalized spacial score (nSPS) is 11.1. The van der Waals surface area contributed by atoms with Gasteiger partial charge in [0.25, 0.3) is 0 Å². The summed E-state index contributed by atoms with van der Waals surface area (Å²) in [7, 11) is 0. The molecule has 0 heterocycles. The summed E-state index contributed by atoms with van der Waals surface area (Å²) >= 11 is 0. The number of hydrogen-bond acceptors (Lipinski definition) is 3. The molecular weight excluding hydrogens is 252 g/mol. The highest BCUT2D eigenvalue weighted by molar-refractivity contribution is 5.74. The minimum absolute atomic E-state index is 0.0658. The molecule has 0 bridgehead atoms. The summed E-state index contributed by atoms with van der Waals surface area (Å²) in [5, 5.41) is 8.65. The number of nitrogens with one attached hydrogen (secondary N) is 1. The lowest BCUT2D eigenvalue weighted by Gasteiger charge is -1.99. The van der Waals surface area contributed by atoms with Crippen molar-refractivity contribution in [2.75, 3.05) is 6.61 Å². The molecule has 0 aromatic carbocycles. The molecule has 0 unspecified atom stereocenters. The number of hydrazine groups is 1. The number of nitrogens with two attached hydrogens (primary N) is 1. The zero-order chi connectivity index (χ0) is 14.9. The van der Waals surface area contributed by atoms with Crippen LogP contribution in [-0.2, 0) is 4.79 Å². The van der Waals surface area contributed by atoms with E-state index in [9.17, 15) is 4.79 Å². The minimum atomic E-state index is -0.0658. The molecule has 20 heavy (non-hydrogen) atoms. The first-order valence-electron chi connectivity index (χ1n) is 8.06. The van der Waals surface area contributed by atoms with Crippen molar-refractivity contribution in [2.24, 2.45) is 5.84 Å². The molecule has 0 aliphatic carbocycles. The Balaban J connectivity index is 3.10. The van der Waals surface area contributed by atoms with E-state index in [1.54, 1.807) is 0 Å². The molecule has 4 nitrogen and oxygen atoms in total. The van der Waals surface area contributed by atoms with Crippen molar-refractivity contribution in [3.8, 4) is 0 Å². The Morgan fingerprint density at radius 1 is 0.850 bits per heavy atom. The molecule has 0 saturated heterocycles. The molecule has 1 amide bonds. The molecular formula is C16H32N2O2. The third-order valence-electron chi connectivity index (χ3n) is 3.38. The third-order valence-corrected chi connectivity index (χ3v) is 3.38. The van der Waals surface area contributed by atoms with E-state index >= 15 is 0 Å². The molecule has 4 N–H and O–H groups in total. The second-order valence-electron chi connectivity index (χ2n) is 5.27. The molecule has 0 rings (SSSR count). The standard InChI is InChI=1S/C16H32N2O2/c17-18-16(20)14-12-10-8-6-4-2-1-3-5-7-9-11-13-15-19/h1-2,19H,3-15,17H2,(H,18,20). The second-order valence-corrected chi connectivity index (χ2v) is 5.27. The van der Waals surface area contributed by atoms with E-state index < -0.39 is 0 Å². The van der Waals surface area contributed by atoms with Crippen LogP contribution < -0.4 is 11.3 Å². The first-order chi connectivity index (χ1) is 9.81. The highest BCUT2D eigenvalue weighted by Crippen LogP contribution is 2.08. The van der Waals surface area contributed by atoms with Crippen LogP contribution in [0.5, 0.6) is 0 Å². The van der Waals surface area contributed by atoms with Gasteiger partial charge in [0.15, 0.2) is 0 Å². The van der Waals surface area contributed by atoms with Crippen LogP contribution in [0.2, 0.25) is 0 Å². The number of unbranched alkanes of at least 4 members (excludes halogenated alkanes) is 9. The summed E-state index contributed by atoms with van der Waals surface area (Å²) in [5.41, 5.74) is 2.15. The molecule has 0 aliphatic heterocycles. The number of carbonyl (C=O) groups is 1. The molecule has 118 valence electrons. The molecule has 0 atom stereocenters. The van der Waals surface area contributed by atoms with Gasteiger partial charge in [0.1, 0.15) is 0 Å². The van der Waals surface area contributed by atoms with Crippen molar-refractivity contribution >= 4 is 5.91 Å². The largest absolute Gasteiger partial charge is 0.396 e. The lowest BCUT2D eigenvalue weighted by Crippen LogP contribution is -2.29. The summed E-state index contributed by atoms with van der Waals surface area (Å²) in [6.45, 7) is 0.330. The van der Waals surface area contributed by atoms with Crippen molar-refractivity contribution in [3.63, 3.8) is 0 Å². The van der Waals surface area contributed by atoms with Crippen LogP contribution in [-0.4, -0.2) is 17.6 Å². The van der Waals surface area contributed by atoms with Gasteiger partial charge in [-0.15, -0.1) is 0 Å². The summed E-state index contributed by atoms with van der Waals surface area (Å²) in [6, 6.07) is 0. The molecule has 0 spiro atoms. The Bertz CT molecular complexity index is 243. The predicted molar refractivity (Wildman–Crippen MR) is 84.0 cm³/mol. The molecule has 0 radical (unpaired) electrons. The Morgan fingerprint density at radius 2 is 1.35 bits per heavy atom. The number of amides is 1. The number of aliphatic hydroxyl groups excluding tert-OH is 1. The predicted octanol–water partition coefficient (Wildman–Crippen LogP) is 3.21. The van der Waals surface area contributed by atoms with E-state index in [1.165, 1.54) is 38.5 Å². The Kier molecular flexibility index (Phi) is 15.5. The van der Waals surface area contributed by atoms with E-state index in [2.05, 4.69) is 17.6 Å². The summed E-state index contributed by atoms with van der Waals surface area (Å²) in [4.78, 5) is 10.9. The number of aliphatic hydroxyl groups is 1. The molecule has 0 aromatic heterocycles. The quantitative estimate of drug-likeness (QED) is 0.151. The highest BCUT2D eigenvalue weighted by Gasteiger charge is 1.96. The number of rotatable bonds is 14. The number of carbonyl (C=O) groups excluding carboxylic acids is 1. The third kappa shape index (κ3) is 15.2. The summed E-state index contributed by atoms with van der Waals surface area (Å²) in [6.07, 6.45) is 17.7. The number of allylic oxidation sites excluding steroid dienone is 2. The van der Waals surface area contributed by atoms with E-state index in [1.807, 2.05) is 0 Å². The van der Waals surface area contributed by atoms with E-state index in [0.717, 1.165) is 32.1 Å². The molecule has 0 aromatic rings. The van der Waals surface area contributed by atoms with Crippen molar-refractivity contribution in [1.29, 1.82) is 0 Å². The molecule has 0 aliphatic rings. The lowest BCUT2D eigenvalue weighted by molar-refractivity contribution is -0.121. The topological polar surface area (TPSA) is 75.3 Å². The van der Waals surface area contributed by atoms with Gasteiger partial charge in [-0.25, -0.2) is 5.84 Å². The van der Waals surface area contributed by atoms with Gasteiger partial charge >= 0.3 is 0 Å². The Labute approximate surface area is 123 Å². The Morgan fingerprint density at radius 3 is 1.90 bits per heavy atom. The van der Waals surface area contributed by atoms with Crippen LogP contribution in [0.15, 0.2) is 12.2 Å². The van der Waals surface area contributed by atoms with Gasteiger partial charge in [0, 0.05) is 13.0 Å². The van der Waals surface area contributed by atoms with Crippen LogP contribution in [0.1, 0.15) is 77.0 Å². The fourth-order valence-electron chi connectivity index (χ4n) is 2.11. The maximum atomic E-state index is 10.9. The van der Waals surface area contributed by atoms with E-state index in [4.69, 9.17) is 10.9 Å². The smallest absolute Gasteiger partial charge is 0.233 e. The average Bonchev–Trinajstić information content (AvgIpc) is 2.47. The lowest BCUT2D eigenvalue weighted by atomic mass is 10.1. The molecule has 4 heteroatoms. The van der Waals surface area contributed by atoms with Crippen molar-refractivity contribution in [2.45, 2.75) is 77.0 Å². The monoisotopic (exact) mass is 284 g/mol. The van der Waals surface area contributed by atoms with Crippen LogP contribution in [0, 0.1) is 0 Å². The maximum absolute atomic E-state index is 10.9. The molecule has 0 saturated carbocycles. The molecule has 0 fully saturated rings. The zero-order valence-electron chi connectivity index (χ0n) is 12.8. The second kappa shape index (κ2) is 16.2. The van der Waals surface area contributed by atoms with Crippen LogP contribution in [0.4, 0.5) is 0 Å². The van der Waals surface area contributed by atoms with E-state index in [0.29, 0.717) is 13.0 Å². The van der Waals surface area contributed by atoms with Crippen molar-refractivity contribution < 1.29 is 9.90 Å². The first kappa shape index (κ1) is 19.1. The van der Waals surface area contributed by atoms with Gasteiger partial charge < -0.3 is 5.11 Å². The van der Waals surface area contributed by atoms with Gasteiger partial charge in [-0.1, -0.05) is 44.3 Å². The van der Waals surface area contributed by atoms with Gasteiger partial charge in [-0.2, -0.15) is 0 Å². The van der Waals surface area contributed by atoms with Crippen LogP contribution in [0.25, 0.3) is 0 Å². The van der Waals surface area contributed by atoms with Gasteiger partial charge in [0.05, 0.1) is 0 Å². The number of hydrogen-bond donors (Lipinski definition) is 3. The average molecular weight is 284 g/mol. The summed E-state index contributed by atoms with van der Waals surface area (Å²) in [5.74, 6) is 4.94. The van der Waals surface area contributed by atoms with Crippen molar-refractivity contribution in [3.05, 3.63) is 12.2 Å². The Hall–Kier alpha value is -0.870. The fraction of sp³-hybridized carbons (Fsp3) is 0.812. The zero-order valence-corrected chi connectivity index (χ0v) is 12.8. The SMILES string of the molecule is NNC(=O)CCCCCCC=CCCCCCCCO. The van der Waals surface area contributed by atoms with Crippen LogP contribution >= 0.6 is 0 Å². The maximum Gasteiger partial charge on any atom is 0.233 e. The van der Waals surface area contributed by atoms with Gasteiger partial charge in [-0.05, 0) is 38.5 Å². The van der Waals surface area contributed by atoms with Crippen molar-refractivity contribution in [1.82, 2.24) is 5.43 Å².